The molecule has 0 saturated heterocycles. The fourth-order valence-electron chi connectivity index (χ4n) is 2.50. The van der Waals surface area contributed by atoms with Crippen LogP contribution < -0.4 is 0 Å². The van der Waals surface area contributed by atoms with Crippen molar-refractivity contribution in [2.45, 2.75) is 65.9 Å². The molecule has 0 N–H and O–H groups in total. The highest BCUT2D eigenvalue weighted by molar-refractivity contribution is 8.00. The molecular weight excluding hydrogens is 290 g/mol. The van der Waals surface area contributed by atoms with Crippen molar-refractivity contribution < 1.29 is 0 Å². The van der Waals surface area contributed by atoms with Gasteiger partial charge in [0.1, 0.15) is 11.6 Å². The summed E-state index contributed by atoms with van der Waals surface area (Å²) in [7, 11) is 0. The Kier molecular flexibility index (Phi) is 2.49. The highest BCUT2D eigenvalue weighted by Gasteiger charge is 2.37. The molecule has 3 fully saturated rings. The molecule has 3 aliphatic carbocycles. The van der Waals surface area contributed by atoms with Crippen molar-refractivity contribution >= 4 is 23.3 Å². The monoisotopic (exact) mass is 305 g/mol. The van der Waals surface area contributed by atoms with Crippen LogP contribution in [0.15, 0.2) is 9.50 Å². The van der Waals surface area contributed by atoms with E-state index in [-0.39, 0.29) is 0 Å². The van der Waals surface area contributed by atoms with Gasteiger partial charge in [0.2, 0.25) is 0 Å². The Morgan fingerprint density at radius 3 is 2.50 bits per heavy atom. The van der Waals surface area contributed by atoms with Gasteiger partial charge in [-0.05, 0) is 61.8 Å². The van der Waals surface area contributed by atoms with Crippen molar-refractivity contribution in [2.75, 3.05) is 0 Å². The van der Waals surface area contributed by atoms with Crippen LogP contribution in [0.1, 0.15) is 68.1 Å². The summed E-state index contributed by atoms with van der Waals surface area (Å²) in [4.78, 5) is 4.65. The molecule has 0 radical (unpaired) electrons. The second kappa shape index (κ2) is 4.27. The molecule has 7 heteroatoms. The fourth-order valence-corrected chi connectivity index (χ4v) is 4.20. The third-order valence-corrected chi connectivity index (χ3v) is 5.82. The van der Waals surface area contributed by atoms with E-state index < -0.39 is 0 Å². The molecule has 5 nitrogen and oxygen atoms in total. The summed E-state index contributed by atoms with van der Waals surface area (Å²) in [6.07, 6.45) is 7.61. The molecule has 3 saturated carbocycles. The third-order valence-electron chi connectivity index (χ3n) is 4.09. The van der Waals surface area contributed by atoms with E-state index in [1.165, 1.54) is 55.9 Å². The Labute approximate surface area is 125 Å². The second-order valence-corrected chi connectivity index (χ2v) is 7.98. The molecule has 5 rings (SSSR count). The van der Waals surface area contributed by atoms with Gasteiger partial charge in [-0.3, -0.25) is 0 Å². The van der Waals surface area contributed by atoms with Gasteiger partial charge in [-0.1, -0.05) is 0 Å². The lowest BCUT2D eigenvalue weighted by molar-refractivity contribution is 0.627. The van der Waals surface area contributed by atoms with Crippen molar-refractivity contribution in [1.29, 1.82) is 0 Å². The predicted molar refractivity (Wildman–Crippen MR) is 76.3 cm³/mol. The maximum absolute atomic E-state index is 4.65. The summed E-state index contributed by atoms with van der Waals surface area (Å²) in [6, 6.07) is 0.638. The first-order valence-corrected chi connectivity index (χ1v) is 8.94. The lowest BCUT2D eigenvalue weighted by atomic mass is 10.4. The van der Waals surface area contributed by atoms with Crippen molar-refractivity contribution in [3.63, 3.8) is 0 Å². The molecule has 2 aromatic rings. The summed E-state index contributed by atoms with van der Waals surface area (Å²) < 4.78 is 7.86. The lowest BCUT2D eigenvalue weighted by Crippen LogP contribution is -2.01. The van der Waals surface area contributed by atoms with Gasteiger partial charge in [-0.15, -0.1) is 10.2 Å². The van der Waals surface area contributed by atoms with E-state index in [1.807, 2.05) is 0 Å². The minimum absolute atomic E-state index is 0.629. The van der Waals surface area contributed by atoms with Crippen molar-refractivity contribution in [3.05, 3.63) is 11.6 Å². The summed E-state index contributed by atoms with van der Waals surface area (Å²) in [6.45, 7) is 0. The number of hydrogen-bond donors (Lipinski definition) is 0. The minimum atomic E-state index is 0.629. The average Bonchev–Trinajstić information content (AvgIpc) is 3.31. The van der Waals surface area contributed by atoms with Crippen LogP contribution in [0.3, 0.4) is 0 Å². The molecular formula is C13H15N5S2. The molecule has 0 aromatic carbocycles. The normalized spacial score (nSPS) is 22.4. The molecule has 2 heterocycles. The van der Waals surface area contributed by atoms with E-state index in [2.05, 4.69) is 24.1 Å². The molecule has 0 amide bonds. The zero-order chi connectivity index (χ0) is 13.1. The maximum atomic E-state index is 4.65. The predicted octanol–water partition coefficient (Wildman–Crippen LogP) is 3.37. The molecule has 0 bridgehead atoms. The van der Waals surface area contributed by atoms with Crippen molar-refractivity contribution in [3.8, 4) is 0 Å². The molecule has 20 heavy (non-hydrogen) atoms. The standard InChI is InChI=1S/C13H15N5S2/c1-2-7(1)10-14-13(20-17-10)19-12-16-15-11(8-3-4-8)18(12)9-5-6-9/h7-9H,1-6H2. The minimum Gasteiger partial charge on any atom is -0.302 e. The summed E-state index contributed by atoms with van der Waals surface area (Å²) in [5, 5.41) is 9.88. The van der Waals surface area contributed by atoms with E-state index in [0.717, 1.165) is 15.3 Å². The first kappa shape index (κ1) is 11.7. The quantitative estimate of drug-likeness (QED) is 0.847. The molecule has 3 aliphatic rings. The molecule has 0 unspecified atom stereocenters. The summed E-state index contributed by atoms with van der Waals surface area (Å²) >= 11 is 3.16. The van der Waals surface area contributed by atoms with Crippen LogP contribution in [-0.4, -0.2) is 24.1 Å². The van der Waals surface area contributed by atoms with Gasteiger partial charge in [0.25, 0.3) is 0 Å². The van der Waals surface area contributed by atoms with Crippen molar-refractivity contribution in [2.24, 2.45) is 0 Å². The Hall–Kier alpha value is -0.950. The molecule has 0 aliphatic heterocycles. The molecule has 104 valence electrons. The van der Waals surface area contributed by atoms with E-state index >= 15 is 0 Å². The Morgan fingerprint density at radius 1 is 1.00 bits per heavy atom. The fraction of sp³-hybridized carbons (Fsp3) is 0.692. The Morgan fingerprint density at radius 2 is 1.80 bits per heavy atom. The highest BCUT2D eigenvalue weighted by Crippen LogP contribution is 2.47. The van der Waals surface area contributed by atoms with Crippen LogP contribution in [0.4, 0.5) is 0 Å². The molecule has 0 spiro atoms. The van der Waals surface area contributed by atoms with Gasteiger partial charge >= 0.3 is 0 Å². The largest absolute Gasteiger partial charge is 0.302 e. The SMILES string of the molecule is C1CC1c1nsc(Sc2nnc(C3CC3)n2C2CC2)n1. The van der Waals surface area contributed by atoms with Crippen LogP contribution in [0.2, 0.25) is 0 Å². The average molecular weight is 305 g/mol. The van der Waals surface area contributed by atoms with E-state index in [1.54, 1.807) is 11.8 Å². The van der Waals surface area contributed by atoms with Gasteiger partial charge in [0, 0.05) is 17.9 Å². The summed E-state index contributed by atoms with van der Waals surface area (Å²) in [5.41, 5.74) is 0. The van der Waals surface area contributed by atoms with Crippen LogP contribution in [0.5, 0.6) is 0 Å². The second-order valence-electron chi connectivity index (χ2n) is 6.01. The maximum Gasteiger partial charge on any atom is 0.198 e. The van der Waals surface area contributed by atoms with E-state index in [4.69, 9.17) is 0 Å². The van der Waals surface area contributed by atoms with Crippen LogP contribution in [-0.2, 0) is 0 Å². The molecule has 2 aromatic heterocycles. The Balaban J connectivity index is 1.44. The van der Waals surface area contributed by atoms with Gasteiger partial charge < -0.3 is 4.57 Å². The van der Waals surface area contributed by atoms with E-state index in [0.29, 0.717) is 17.9 Å². The topological polar surface area (TPSA) is 56.5 Å². The number of hydrogen-bond acceptors (Lipinski definition) is 6. The number of rotatable bonds is 5. The van der Waals surface area contributed by atoms with Crippen LogP contribution >= 0.6 is 23.3 Å². The van der Waals surface area contributed by atoms with Crippen LogP contribution in [0.25, 0.3) is 0 Å². The van der Waals surface area contributed by atoms with Gasteiger partial charge in [-0.2, -0.15) is 4.37 Å². The van der Waals surface area contributed by atoms with E-state index in [9.17, 15) is 0 Å². The zero-order valence-electron chi connectivity index (χ0n) is 11.0. The third kappa shape index (κ3) is 2.07. The first-order valence-electron chi connectivity index (χ1n) is 7.35. The van der Waals surface area contributed by atoms with Gasteiger partial charge in [0.15, 0.2) is 9.50 Å². The number of nitrogens with zero attached hydrogens (tertiary/aromatic N) is 5. The van der Waals surface area contributed by atoms with Crippen molar-refractivity contribution in [1.82, 2.24) is 24.1 Å². The zero-order valence-corrected chi connectivity index (χ0v) is 12.7. The first-order chi connectivity index (χ1) is 9.88. The molecule has 0 atom stereocenters. The van der Waals surface area contributed by atoms with Gasteiger partial charge in [-0.25, -0.2) is 4.98 Å². The smallest absolute Gasteiger partial charge is 0.198 e. The lowest BCUT2D eigenvalue weighted by Gasteiger charge is -2.06. The highest BCUT2D eigenvalue weighted by atomic mass is 32.2. The van der Waals surface area contributed by atoms with Gasteiger partial charge in [0.05, 0.1) is 0 Å². The number of aromatic nitrogens is 5. The Bertz CT molecular complexity index is 652. The van der Waals surface area contributed by atoms with Crippen LogP contribution in [0, 0.1) is 0 Å². The summed E-state index contributed by atoms with van der Waals surface area (Å²) in [5.74, 6) is 3.54.